The quantitative estimate of drug-likeness (QED) is 0.525. The summed E-state index contributed by atoms with van der Waals surface area (Å²) in [6.07, 6.45) is 1.12. The average molecular weight is 533 g/mol. The van der Waals surface area contributed by atoms with Gasteiger partial charge in [0.25, 0.3) is 0 Å². The SMILES string of the molecule is C[C@H]1CC[C@H](c2ccccc2)S(=O)(=O)N1Cc1cc(F)c([C@]2(c3nn(C)c(=O)[nH]3)C[C@](C)(O)C2)cc1F. The van der Waals surface area contributed by atoms with Crippen molar-refractivity contribution in [2.24, 2.45) is 7.05 Å². The highest BCUT2D eigenvalue weighted by atomic mass is 32.2. The molecule has 1 saturated carbocycles. The highest BCUT2D eigenvalue weighted by Gasteiger charge is 2.56. The molecule has 3 aromatic rings. The third kappa shape index (κ3) is 4.32. The highest BCUT2D eigenvalue weighted by Crippen LogP contribution is 2.54. The number of aryl methyl sites for hydroxylation is 1. The van der Waals surface area contributed by atoms with Crippen LogP contribution in [0.25, 0.3) is 0 Å². The summed E-state index contributed by atoms with van der Waals surface area (Å²) in [5, 5.41) is 13.9. The molecule has 2 aliphatic rings. The fourth-order valence-electron chi connectivity index (χ4n) is 5.95. The Morgan fingerprint density at radius 2 is 1.81 bits per heavy atom. The monoisotopic (exact) mass is 532 g/mol. The first kappa shape index (κ1) is 25.7. The van der Waals surface area contributed by atoms with Crippen LogP contribution in [0.5, 0.6) is 0 Å². The number of aromatic amines is 1. The number of aliphatic hydroxyl groups is 1. The van der Waals surface area contributed by atoms with Gasteiger partial charge in [0.15, 0.2) is 0 Å². The summed E-state index contributed by atoms with van der Waals surface area (Å²) in [5.41, 5.74) is -2.30. The molecule has 2 heterocycles. The van der Waals surface area contributed by atoms with Crippen molar-refractivity contribution in [1.29, 1.82) is 0 Å². The lowest BCUT2D eigenvalue weighted by molar-refractivity contribution is -0.0649. The minimum atomic E-state index is -3.83. The van der Waals surface area contributed by atoms with E-state index < -0.39 is 43.6 Å². The van der Waals surface area contributed by atoms with Crippen molar-refractivity contribution in [3.05, 3.63) is 87.1 Å². The van der Waals surface area contributed by atoms with Gasteiger partial charge in [-0.05, 0) is 57.2 Å². The lowest BCUT2D eigenvalue weighted by atomic mass is 9.56. The molecule has 11 heteroatoms. The van der Waals surface area contributed by atoms with Crippen molar-refractivity contribution < 1.29 is 22.3 Å². The molecular weight excluding hydrogens is 502 g/mol. The Bertz CT molecular complexity index is 1490. The Labute approximate surface area is 214 Å². The van der Waals surface area contributed by atoms with Gasteiger partial charge >= 0.3 is 5.69 Å². The van der Waals surface area contributed by atoms with Crippen LogP contribution in [-0.4, -0.2) is 44.2 Å². The first-order valence-electron chi connectivity index (χ1n) is 12.2. The van der Waals surface area contributed by atoms with Crippen LogP contribution in [0, 0.1) is 11.6 Å². The Balaban J connectivity index is 1.50. The van der Waals surface area contributed by atoms with Gasteiger partial charge in [-0.2, -0.15) is 9.40 Å². The number of sulfonamides is 1. The van der Waals surface area contributed by atoms with E-state index in [1.54, 1.807) is 38.1 Å². The predicted molar refractivity (Wildman–Crippen MR) is 133 cm³/mol. The second-order valence-electron chi connectivity index (χ2n) is 10.7. The number of aromatic nitrogens is 3. The third-order valence-corrected chi connectivity index (χ3v) is 10.1. The highest BCUT2D eigenvalue weighted by molar-refractivity contribution is 7.89. The largest absolute Gasteiger partial charge is 0.390 e. The predicted octanol–water partition coefficient (Wildman–Crippen LogP) is 3.27. The van der Waals surface area contributed by atoms with Crippen molar-refractivity contribution in [1.82, 2.24) is 19.1 Å². The zero-order chi connectivity index (χ0) is 26.8. The Hall–Kier alpha value is -2.89. The zero-order valence-corrected chi connectivity index (χ0v) is 21.7. The van der Waals surface area contributed by atoms with Gasteiger partial charge in [0.05, 0.1) is 11.0 Å². The van der Waals surface area contributed by atoms with Gasteiger partial charge in [0.1, 0.15) is 22.7 Å². The van der Waals surface area contributed by atoms with Crippen LogP contribution in [-0.2, 0) is 29.0 Å². The van der Waals surface area contributed by atoms with Gasteiger partial charge in [0, 0.05) is 30.8 Å². The molecule has 2 N–H and O–H groups in total. The maximum absolute atomic E-state index is 15.6. The Morgan fingerprint density at radius 1 is 1.14 bits per heavy atom. The molecule has 0 unspecified atom stereocenters. The van der Waals surface area contributed by atoms with Crippen molar-refractivity contribution in [2.75, 3.05) is 0 Å². The number of halogens is 2. The van der Waals surface area contributed by atoms with Crippen LogP contribution in [0.2, 0.25) is 0 Å². The number of rotatable bonds is 5. The van der Waals surface area contributed by atoms with E-state index in [1.807, 2.05) is 6.07 Å². The number of nitrogens with one attached hydrogen (secondary N) is 1. The van der Waals surface area contributed by atoms with Gasteiger partial charge in [-0.3, -0.25) is 4.98 Å². The van der Waals surface area contributed by atoms with Gasteiger partial charge < -0.3 is 5.11 Å². The summed E-state index contributed by atoms with van der Waals surface area (Å²) in [7, 11) is -2.39. The summed E-state index contributed by atoms with van der Waals surface area (Å²) in [6.45, 7) is 3.05. The van der Waals surface area contributed by atoms with E-state index in [0.29, 0.717) is 18.4 Å². The molecule has 5 rings (SSSR count). The van der Waals surface area contributed by atoms with Crippen LogP contribution >= 0.6 is 0 Å². The zero-order valence-electron chi connectivity index (χ0n) is 20.9. The van der Waals surface area contributed by atoms with E-state index in [9.17, 15) is 18.3 Å². The van der Waals surface area contributed by atoms with Crippen LogP contribution in [0.4, 0.5) is 8.78 Å². The lowest BCUT2D eigenvalue weighted by Gasteiger charge is -2.50. The van der Waals surface area contributed by atoms with Crippen LogP contribution in [0.3, 0.4) is 0 Å². The molecule has 2 fully saturated rings. The van der Waals surface area contributed by atoms with Crippen molar-refractivity contribution in [3.63, 3.8) is 0 Å². The number of hydrogen-bond acceptors (Lipinski definition) is 5. The van der Waals surface area contributed by atoms with E-state index >= 15 is 8.78 Å². The van der Waals surface area contributed by atoms with Crippen molar-refractivity contribution in [3.8, 4) is 0 Å². The number of benzene rings is 2. The third-order valence-electron chi connectivity index (χ3n) is 7.76. The topological polar surface area (TPSA) is 108 Å². The summed E-state index contributed by atoms with van der Waals surface area (Å²) in [5.74, 6) is -1.36. The van der Waals surface area contributed by atoms with Crippen LogP contribution in [0.15, 0.2) is 47.3 Å². The Kier molecular flexibility index (Phi) is 6.16. The summed E-state index contributed by atoms with van der Waals surface area (Å²) < 4.78 is 60.5. The molecule has 1 aromatic heterocycles. The molecule has 0 amide bonds. The van der Waals surface area contributed by atoms with Crippen LogP contribution < -0.4 is 5.69 Å². The minimum absolute atomic E-state index is 0.0358. The summed E-state index contributed by atoms with van der Waals surface area (Å²) >= 11 is 0. The van der Waals surface area contributed by atoms with Gasteiger partial charge in [-0.1, -0.05) is 30.3 Å². The van der Waals surface area contributed by atoms with E-state index in [-0.39, 0.29) is 42.4 Å². The van der Waals surface area contributed by atoms with Crippen molar-refractivity contribution >= 4 is 10.0 Å². The van der Waals surface area contributed by atoms with E-state index in [2.05, 4.69) is 10.1 Å². The molecule has 1 saturated heterocycles. The lowest BCUT2D eigenvalue weighted by Crippen LogP contribution is -2.54. The first-order chi connectivity index (χ1) is 17.3. The Morgan fingerprint density at radius 3 is 2.41 bits per heavy atom. The number of hydrogen-bond donors (Lipinski definition) is 2. The molecule has 2 aromatic carbocycles. The summed E-state index contributed by atoms with van der Waals surface area (Å²) in [4.78, 5) is 14.6. The molecule has 0 radical (unpaired) electrons. The number of H-pyrrole nitrogens is 1. The molecule has 37 heavy (non-hydrogen) atoms. The molecule has 0 bridgehead atoms. The normalized spacial score (nSPS) is 29.7. The molecule has 8 nitrogen and oxygen atoms in total. The minimum Gasteiger partial charge on any atom is -0.390 e. The van der Waals surface area contributed by atoms with Crippen molar-refractivity contribution in [2.45, 2.75) is 68.4 Å². The maximum atomic E-state index is 15.6. The second-order valence-corrected chi connectivity index (χ2v) is 12.7. The van der Waals surface area contributed by atoms with Gasteiger partial charge in [-0.25, -0.2) is 26.7 Å². The fourth-order valence-corrected chi connectivity index (χ4v) is 8.14. The molecular formula is C26H30F2N4O4S. The average Bonchev–Trinajstić information content (AvgIpc) is 3.15. The molecule has 2 atom stereocenters. The van der Waals surface area contributed by atoms with E-state index in [0.717, 1.165) is 16.8 Å². The smallest absolute Gasteiger partial charge is 0.343 e. The fraction of sp³-hybridized carbons (Fsp3) is 0.462. The van der Waals surface area contributed by atoms with E-state index in [1.165, 1.54) is 11.4 Å². The van der Waals surface area contributed by atoms with Crippen LogP contribution in [0.1, 0.15) is 67.3 Å². The second kappa shape index (κ2) is 8.85. The van der Waals surface area contributed by atoms with Gasteiger partial charge in [-0.15, -0.1) is 0 Å². The summed E-state index contributed by atoms with van der Waals surface area (Å²) in [6, 6.07) is 10.6. The first-order valence-corrected chi connectivity index (χ1v) is 13.7. The molecule has 0 spiro atoms. The molecule has 1 aliphatic carbocycles. The molecule has 1 aliphatic heterocycles. The van der Waals surface area contributed by atoms with Gasteiger partial charge in [0.2, 0.25) is 10.0 Å². The van der Waals surface area contributed by atoms with E-state index in [4.69, 9.17) is 0 Å². The maximum Gasteiger partial charge on any atom is 0.343 e. The molecule has 198 valence electrons. The standard InChI is InChI=1S/C26H30F2N4O4S/c1-16-9-10-22(17-7-5-4-6-8-17)37(35,36)32(16)13-18-11-21(28)19(12-20(18)27)26(14-25(2,34)15-26)23-29-24(33)31(3)30-23/h4-8,11-12,16,22,34H,9-10,13-15H2,1-3H3,(H,29,30,33)/t16-,22+,25-,26-/m0/s1. The number of nitrogens with zero attached hydrogens (tertiary/aromatic N) is 3.